The second-order valence-electron chi connectivity index (χ2n) is 5.12. The molecule has 0 amide bonds. The Kier molecular flexibility index (Phi) is 4.41. The Morgan fingerprint density at radius 1 is 1.00 bits per heavy atom. The van der Waals surface area contributed by atoms with Crippen molar-refractivity contribution in [2.75, 3.05) is 0 Å². The Balaban J connectivity index is 1.89. The highest BCUT2D eigenvalue weighted by Gasteiger charge is 2.13. The predicted octanol–water partition coefficient (Wildman–Crippen LogP) is 5.98. The van der Waals surface area contributed by atoms with Crippen molar-refractivity contribution in [2.24, 2.45) is 0 Å². The van der Waals surface area contributed by atoms with E-state index in [2.05, 4.69) is 81.2 Å². The van der Waals surface area contributed by atoms with E-state index in [-0.39, 0.29) is 4.83 Å². The molecule has 2 aromatic carbocycles. The molecule has 0 radical (unpaired) electrons. The minimum Gasteiger partial charge on any atom is -0.253 e. The summed E-state index contributed by atoms with van der Waals surface area (Å²) in [5.74, 6) is 0. The van der Waals surface area contributed by atoms with E-state index >= 15 is 0 Å². The van der Waals surface area contributed by atoms with E-state index < -0.39 is 0 Å². The van der Waals surface area contributed by atoms with Gasteiger partial charge in [-0.1, -0.05) is 68.3 Å². The number of rotatable bonds is 3. The maximum Gasteiger partial charge on any atom is 0.0705 e. The van der Waals surface area contributed by atoms with Crippen LogP contribution in [0.2, 0.25) is 0 Å². The highest BCUT2D eigenvalue weighted by Crippen LogP contribution is 2.32. The van der Waals surface area contributed by atoms with Crippen LogP contribution in [0.3, 0.4) is 0 Å². The Bertz CT molecular complexity index is 783. The molecule has 0 aliphatic heterocycles. The molecule has 1 aromatic heterocycles. The number of nitrogens with zero attached hydrogens (tertiary/aromatic N) is 1. The minimum atomic E-state index is 0.267. The quantitative estimate of drug-likeness (QED) is 0.489. The van der Waals surface area contributed by atoms with E-state index in [1.165, 1.54) is 16.5 Å². The number of fused-ring (bicyclic) bond motifs is 1. The lowest BCUT2D eigenvalue weighted by atomic mass is 10.0. The van der Waals surface area contributed by atoms with Gasteiger partial charge in [-0.2, -0.15) is 0 Å². The number of halogens is 2. The molecule has 0 aliphatic carbocycles. The lowest BCUT2D eigenvalue weighted by Gasteiger charge is -2.14. The molecule has 1 atom stereocenters. The third-order valence-electron chi connectivity index (χ3n) is 3.69. The first-order valence-electron chi connectivity index (χ1n) is 6.89. The van der Waals surface area contributed by atoms with Crippen LogP contribution in [0.15, 0.2) is 59.1 Å². The van der Waals surface area contributed by atoms with Crippen molar-refractivity contribution in [3.63, 3.8) is 0 Å². The van der Waals surface area contributed by atoms with E-state index in [1.54, 1.807) is 0 Å². The molecule has 0 aliphatic rings. The highest BCUT2D eigenvalue weighted by atomic mass is 79.9. The van der Waals surface area contributed by atoms with Crippen LogP contribution in [0, 0.1) is 6.92 Å². The molecule has 0 saturated heterocycles. The van der Waals surface area contributed by atoms with Gasteiger partial charge in [-0.15, -0.1) is 0 Å². The zero-order chi connectivity index (χ0) is 14.8. The second kappa shape index (κ2) is 6.29. The van der Waals surface area contributed by atoms with E-state index in [9.17, 15) is 0 Å². The lowest BCUT2D eigenvalue weighted by Crippen LogP contribution is -2.00. The average Bonchev–Trinajstić information content (AvgIpc) is 2.50. The number of benzene rings is 2. The minimum absolute atomic E-state index is 0.267. The van der Waals surface area contributed by atoms with Crippen molar-refractivity contribution in [2.45, 2.75) is 18.2 Å². The molecular formula is C18H15Br2N. The first kappa shape index (κ1) is 14.7. The van der Waals surface area contributed by atoms with Gasteiger partial charge in [0.1, 0.15) is 0 Å². The van der Waals surface area contributed by atoms with Gasteiger partial charge in [-0.05, 0) is 36.2 Å². The van der Waals surface area contributed by atoms with Gasteiger partial charge in [0.2, 0.25) is 0 Å². The first-order chi connectivity index (χ1) is 10.1. The largest absolute Gasteiger partial charge is 0.253 e. The number of aromatic nitrogens is 1. The monoisotopic (exact) mass is 403 g/mol. The Labute approximate surface area is 141 Å². The topological polar surface area (TPSA) is 12.9 Å². The van der Waals surface area contributed by atoms with Crippen LogP contribution in [0.25, 0.3) is 10.9 Å². The Hall–Kier alpha value is -1.19. The van der Waals surface area contributed by atoms with E-state index in [4.69, 9.17) is 4.98 Å². The zero-order valence-electron chi connectivity index (χ0n) is 11.7. The summed E-state index contributed by atoms with van der Waals surface area (Å²) in [6, 6.07) is 18.8. The second-order valence-corrected chi connectivity index (χ2v) is 7.08. The molecule has 106 valence electrons. The summed E-state index contributed by atoms with van der Waals surface area (Å²) < 4.78 is 1.15. The molecule has 1 heterocycles. The average molecular weight is 405 g/mol. The number of pyridine rings is 1. The van der Waals surface area contributed by atoms with Gasteiger partial charge in [0, 0.05) is 26.8 Å². The molecule has 21 heavy (non-hydrogen) atoms. The molecule has 0 fully saturated rings. The van der Waals surface area contributed by atoms with Gasteiger partial charge in [-0.25, -0.2) is 0 Å². The molecule has 1 nitrogen and oxygen atoms in total. The third-order valence-corrected chi connectivity index (χ3v) is 5.37. The number of para-hydroxylation sites is 1. The molecule has 0 spiro atoms. The standard InChI is InChI=1S/C18H15Br2N/c1-12-15(6-4-7-16(12)19)17(20)11-14-10-9-13-5-2-3-8-18(13)21-14/h2-10,17H,11H2,1H3. The Morgan fingerprint density at radius 2 is 1.81 bits per heavy atom. The van der Waals surface area contributed by atoms with Crippen molar-refractivity contribution in [1.82, 2.24) is 4.98 Å². The maximum atomic E-state index is 4.75. The normalized spacial score (nSPS) is 12.5. The lowest BCUT2D eigenvalue weighted by molar-refractivity contribution is 0.904. The summed E-state index contributed by atoms with van der Waals surface area (Å²) in [5, 5.41) is 1.19. The fourth-order valence-electron chi connectivity index (χ4n) is 2.48. The van der Waals surface area contributed by atoms with Crippen LogP contribution in [0.1, 0.15) is 21.6 Å². The predicted molar refractivity (Wildman–Crippen MR) is 96.0 cm³/mol. The van der Waals surface area contributed by atoms with Crippen LogP contribution in [0.4, 0.5) is 0 Å². The van der Waals surface area contributed by atoms with Crippen molar-refractivity contribution < 1.29 is 0 Å². The summed E-state index contributed by atoms with van der Waals surface area (Å²) in [7, 11) is 0. The van der Waals surface area contributed by atoms with Crippen molar-refractivity contribution >= 4 is 42.8 Å². The summed E-state index contributed by atoms with van der Waals surface area (Å²) in [5.41, 5.74) is 4.75. The summed E-state index contributed by atoms with van der Waals surface area (Å²) in [6.45, 7) is 2.14. The van der Waals surface area contributed by atoms with Gasteiger partial charge >= 0.3 is 0 Å². The van der Waals surface area contributed by atoms with E-state index in [0.29, 0.717) is 0 Å². The zero-order valence-corrected chi connectivity index (χ0v) is 14.9. The van der Waals surface area contributed by atoms with Crippen LogP contribution in [0.5, 0.6) is 0 Å². The highest BCUT2D eigenvalue weighted by molar-refractivity contribution is 9.10. The maximum absolute atomic E-state index is 4.75. The molecule has 3 heteroatoms. The van der Waals surface area contributed by atoms with Crippen molar-refractivity contribution in [3.05, 3.63) is 75.9 Å². The smallest absolute Gasteiger partial charge is 0.0705 e. The van der Waals surface area contributed by atoms with Crippen LogP contribution >= 0.6 is 31.9 Å². The molecule has 0 saturated carbocycles. The number of hydrogen-bond acceptors (Lipinski definition) is 1. The SMILES string of the molecule is Cc1c(Br)cccc1C(Br)Cc1ccc2ccccc2n1. The molecule has 3 aromatic rings. The summed E-state index contributed by atoms with van der Waals surface area (Å²) in [6.07, 6.45) is 0.877. The summed E-state index contributed by atoms with van der Waals surface area (Å²) >= 11 is 7.41. The van der Waals surface area contributed by atoms with E-state index in [1.807, 2.05) is 12.1 Å². The van der Waals surface area contributed by atoms with Gasteiger partial charge < -0.3 is 0 Å². The molecular weight excluding hydrogens is 390 g/mol. The summed E-state index contributed by atoms with van der Waals surface area (Å²) in [4.78, 5) is 5.02. The number of hydrogen-bond donors (Lipinski definition) is 0. The van der Waals surface area contributed by atoms with Crippen molar-refractivity contribution in [1.29, 1.82) is 0 Å². The van der Waals surface area contributed by atoms with Crippen LogP contribution in [-0.4, -0.2) is 4.98 Å². The first-order valence-corrected chi connectivity index (χ1v) is 8.60. The fourth-order valence-corrected chi connectivity index (χ4v) is 3.69. The van der Waals surface area contributed by atoms with Crippen LogP contribution < -0.4 is 0 Å². The van der Waals surface area contributed by atoms with E-state index in [0.717, 1.165) is 22.1 Å². The molecule has 3 rings (SSSR count). The molecule has 0 N–H and O–H groups in total. The van der Waals surface area contributed by atoms with Gasteiger partial charge in [0.25, 0.3) is 0 Å². The van der Waals surface area contributed by atoms with Crippen LogP contribution in [-0.2, 0) is 6.42 Å². The van der Waals surface area contributed by atoms with Gasteiger partial charge in [0.05, 0.1) is 5.52 Å². The van der Waals surface area contributed by atoms with Crippen molar-refractivity contribution in [3.8, 4) is 0 Å². The third kappa shape index (κ3) is 3.19. The Morgan fingerprint density at radius 3 is 2.67 bits per heavy atom. The molecule has 1 unspecified atom stereocenters. The fraction of sp³-hybridized carbons (Fsp3) is 0.167. The van der Waals surface area contributed by atoms with Gasteiger partial charge in [-0.3, -0.25) is 4.98 Å². The molecule has 0 bridgehead atoms. The van der Waals surface area contributed by atoms with Gasteiger partial charge in [0.15, 0.2) is 0 Å². The number of alkyl halides is 1.